The Hall–Kier alpha value is -0.870. The van der Waals surface area contributed by atoms with Crippen LogP contribution in [-0.4, -0.2) is 27.5 Å². The van der Waals surface area contributed by atoms with Gasteiger partial charge in [0.25, 0.3) is 0 Å². The summed E-state index contributed by atoms with van der Waals surface area (Å²) >= 11 is 0. The van der Waals surface area contributed by atoms with Crippen molar-refractivity contribution in [2.24, 2.45) is 13.0 Å². The summed E-state index contributed by atoms with van der Waals surface area (Å²) in [6, 6.07) is 0.609. The van der Waals surface area contributed by atoms with E-state index in [0.717, 1.165) is 6.42 Å². The first kappa shape index (κ1) is 14.2. The molecule has 1 rings (SSSR count). The molecule has 98 valence electrons. The standard InChI is InChI=1S/C13H25N3O/c1-9(2)13(6-7-17)15-10(3)12-8-14-16(5)11(12)4/h8-10,13,15,17H,6-7H2,1-5H3. The molecule has 2 atom stereocenters. The van der Waals surface area contributed by atoms with Crippen molar-refractivity contribution in [3.63, 3.8) is 0 Å². The van der Waals surface area contributed by atoms with Gasteiger partial charge in [-0.15, -0.1) is 0 Å². The molecule has 0 saturated heterocycles. The summed E-state index contributed by atoms with van der Waals surface area (Å²) in [5.41, 5.74) is 2.42. The molecule has 1 aromatic rings. The normalized spacial score (nSPS) is 15.2. The Labute approximate surface area is 104 Å². The van der Waals surface area contributed by atoms with Crippen LogP contribution >= 0.6 is 0 Å². The Morgan fingerprint density at radius 1 is 1.41 bits per heavy atom. The van der Waals surface area contributed by atoms with Crippen molar-refractivity contribution >= 4 is 0 Å². The molecule has 1 heterocycles. The Kier molecular flexibility index (Phi) is 5.15. The summed E-state index contributed by atoms with van der Waals surface area (Å²) in [7, 11) is 1.96. The fourth-order valence-corrected chi connectivity index (χ4v) is 2.10. The second-order valence-corrected chi connectivity index (χ2v) is 5.06. The number of aliphatic hydroxyl groups is 1. The number of aromatic nitrogens is 2. The highest BCUT2D eigenvalue weighted by Gasteiger charge is 2.18. The zero-order valence-corrected chi connectivity index (χ0v) is 11.6. The van der Waals surface area contributed by atoms with Gasteiger partial charge < -0.3 is 10.4 Å². The van der Waals surface area contributed by atoms with Gasteiger partial charge in [-0.05, 0) is 26.2 Å². The summed E-state index contributed by atoms with van der Waals surface area (Å²) in [4.78, 5) is 0. The van der Waals surface area contributed by atoms with Crippen LogP contribution in [0.4, 0.5) is 0 Å². The van der Waals surface area contributed by atoms with E-state index in [2.05, 4.69) is 38.1 Å². The van der Waals surface area contributed by atoms with E-state index < -0.39 is 0 Å². The fourth-order valence-electron chi connectivity index (χ4n) is 2.10. The maximum atomic E-state index is 9.07. The van der Waals surface area contributed by atoms with Gasteiger partial charge in [-0.25, -0.2) is 0 Å². The maximum Gasteiger partial charge on any atom is 0.0540 e. The highest BCUT2D eigenvalue weighted by Crippen LogP contribution is 2.19. The summed E-state index contributed by atoms with van der Waals surface area (Å²) in [6.45, 7) is 8.81. The number of hydrogen-bond acceptors (Lipinski definition) is 3. The van der Waals surface area contributed by atoms with Crippen molar-refractivity contribution in [3.8, 4) is 0 Å². The summed E-state index contributed by atoms with van der Waals surface area (Å²) in [6.07, 6.45) is 2.71. The highest BCUT2D eigenvalue weighted by atomic mass is 16.3. The number of nitrogens with one attached hydrogen (secondary N) is 1. The zero-order valence-electron chi connectivity index (χ0n) is 11.6. The average Bonchev–Trinajstić information content (AvgIpc) is 2.59. The minimum Gasteiger partial charge on any atom is -0.396 e. The van der Waals surface area contributed by atoms with Crippen molar-refractivity contribution in [1.29, 1.82) is 0 Å². The SMILES string of the molecule is Cc1c(C(C)NC(CCO)C(C)C)cnn1C. The Bertz CT molecular complexity index is 346. The molecule has 0 aliphatic heterocycles. The van der Waals surface area contributed by atoms with Crippen LogP contribution in [0, 0.1) is 12.8 Å². The molecule has 2 N–H and O–H groups in total. The van der Waals surface area contributed by atoms with Gasteiger partial charge in [0.2, 0.25) is 0 Å². The predicted octanol–water partition coefficient (Wildman–Crippen LogP) is 1.79. The van der Waals surface area contributed by atoms with E-state index in [9.17, 15) is 0 Å². The molecular formula is C13H25N3O. The first-order valence-electron chi connectivity index (χ1n) is 6.32. The molecule has 0 radical (unpaired) electrons. The average molecular weight is 239 g/mol. The van der Waals surface area contributed by atoms with Crippen LogP contribution in [0.2, 0.25) is 0 Å². The number of aryl methyl sites for hydroxylation is 1. The molecule has 0 fully saturated rings. The molecule has 0 bridgehead atoms. The highest BCUT2D eigenvalue weighted by molar-refractivity contribution is 5.19. The van der Waals surface area contributed by atoms with Gasteiger partial charge in [0.05, 0.1) is 6.20 Å². The van der Waals surface area contributed by atoms with E-state index in [4.69, 9.17) is 5.11 Å². The van der Waals surface area contributed by atoms with Crippen LogP contribution in [0.15, 0.2) is 6.20 Å². The quantitative estimate of drug-likeness (QED) is 0.795. The van der Waals surface area contributed by atoms with Gasteiger partial charge in [-0.1, -0.05) is 13.8 Å². The lowest BCUT2D eigenvalue weighted by Crippen LogP contribution is -2.36. The van der Waals surface area contributed by atoms with Crippen LogP contribution in [0.25, 0.3) is 0 Å². The van der Waals surface area contributed by atoms with Crippen molar-refractivity contribution in [2.45, 2.75) is 46.2 Å². The largest absolute Gasteiger partial charge is 0.396 e. The van der Waals surface area contributed by atoms with Crippen LogP contribution in [-0.2, 0) is 7.05 Å². The third kappa shape index (κ3) is 3.54. The first-order valence-corrected chi connectivity index (χ1v) is 6.32. The smallest absolute Gasteiger partial charge is 0.0540 e. The van der Waals surface area contributed by atoms with Gasteiger partial charge in [0, 0.05) is 37.0 Å². The van der Waals surface area contributed by atoms with Gasteiger partial charge >= 0.3 is 0 Å². The second kappa shape index (κ2) is 6.17. The lowest BCUT2D eigenvalue weighted by Gasteiger charge is -2.26. The number of rotatable bonds is 6. The van der Waals surface area contributed by atoms with Crippen LogP contribution in [0.1, 0.15) is 44.5 Å². The maximum absolute atomic E-state index is 9.07. The van der Waals surface area contributed by atoms with Crippen molar-refractivity contribution in [3.05, 3.63) is 17.5 Å². The van der Waals surface area contributed by atoms with Gasteiger partial charge in [-0.3, -0.25) is 4.68 Å². The molecular weight excluding hydrogens is 214 g/mol. The Balaban J connectivity index is 2.70. The molecule has 0 aromatic carbocycles. The Morgan fingerprint density at radius 3 is 2.47 bits per heavy atom. The number of aliphatic hydroxyl groups excluding tert-OH is 1. The topological polar surface area (TPSA) is 50.1 Å². The monoisotopic (exact) mass is 239 g/mol. The van der Waals surface area contributed by atoms with E-state index >= 15 is 0 Å². The second-order valence-electron chi connectivity index (χ2n) is 5.06. The molecule has 2 unspecified atom stereocenters. The number of nitrogens with zero attached hydrogens (tertiary/aromatic N) is 2. The molecule has 0 aliphatic rings. The molecule has 0 spiro atoms. The molecule has 0 amide bonds. The van der Waals surface area contributed by atoms with E-state index in [1.54, 1.807) is 0 Å². The molecule has 4 nitrogen and oxygen atoms in total. The lowest BCUT2D eigenvalue weighted by molar-refractivity contribution is 0.237. The van der Waals surface area contributed by atoms with E-state index in [-0.39, 0.29) is 12.6 Å². The van der Waals surface area contributed by atoms with Gasteiger partial charge in [0.15, 0.2) is 0 Å². The molecule has 0 aliphatic carbocycles. The number of hydrogen-bond donors (Lipinski definition) is 2. The van der Waals surface area contributed by atoms with Crippen LogP contribution < -0.4 is 5.32 Å². The van der Waals surface area contributed by atoms with Gasteiger partial charge in [0.1, 0.15) is 0 Å². The van der Waals surface area contributed by atoms with Crippen LogP contribution in [0.5, 0.6) is 0 Å². The van der Waals surface area contributed by atoms with Crippen molar-refractivity contribution < 1.29 is 5.11 Å². The minimum absolute atomic E-state index is 0.231. The Morgan fingerprint density at radius 2 is 2.06 bits per heavy atom. The molecule has 17 heavy (non-hydrogen) atoms. The molecule has 0 saturated carbocycles. The molecule has 4 heteroatoms. The summed E-state index contributed by atoms with van der Waals surface area (Å²) < 4.78 is 1.89. The minimum atomic E-state index is 0.231. The first-order chi connectivity index (χ1) is 7.97. The van der Waals surface area contributed by atoms with Crippen molar-refractivity contribution in [1.82, 2.24) is 15.1 Å². The van der Waals surface area contributed by atoms with E-state index in [1.807, 2.05) is 17.9 Å². The van der Waals surface area contributed by atoms with Crippen molar-refractivity contribution in [2.75, 3.05) is 6.61 Å². The zero-order chi connectivity index (χ0) is 13.0. The lowest BCUT2D eigenvalue weighted by atomic mass is 9.99. The summed E-state index contributed by atoms with van der Waals surface area (Å²) in [5, 5.41) is 16.9. The molecule has 1 aromatic heterocycles. The van der Waals surface area contributed by atoms with Gasteiger partial charge in [-0.2, -0.15) is 5.10 Å². The fraction of sp³-hybridized carbons (Fsp3) is 0.769. The van der Waals surface area contributed by atoms with E-state index in [0.29, 0.717) is 12.0 Å². The predicted molar refractivity (Wildman–Crippen MR) is 69.8 cm³/mol. The van der Waals surface area contributed by atoms with E-state index in [1.165, 1.54) is 11.3 Å². The van der Waals surface area contributed by atoms with Crippen LogP contribution in [0.3, 0.4) is 0 Å². The summed E-state index contributed by atoms with van der Waals surface area (Å²) in [5.74, 6) is 0.515. The third-order valence-electron chi connectivity index (χ3n) is 3.45. The third-order valence-corrected chi connectivity index (χ3v) is 3.45.